The highest BCUT2D eigenvalue weighted by atomic mass is 16.1. The monoisotopic (exact) mass is 211 g/mol. The van der Waals surface area contributed by atoms with Crippen LogP contribution in [0.1, 0.15) is 23.0 Å². The van der Waals surface area contributed by atoms with Crippen molar-refractivity contribution in [3.63, 3.8) is 0 Å². The second kappa shape index (κ2) is 3.99. The SMILES string of the molecule is CC(=O)c1ccn(-c2ccccc2C#N)n1. The van der Waals surface area contributed by atoms with Gasteiger partial charge in [0.05, 0.1) is 11.3 Å². The lowest BCUT2D eigenvalue weighted by atomic mass is 10.2. The Morgan fingerprint density at radius 3 is 2.75 bits per heavy atom. The highest BCUT2D eigenvalue weighted by Crippen LogP contribution is 2.13. The molecule has 0 aliphatic heterocycles. The molecule has 78 valence electrons. The summed E-state index contributed by atoms with van der Waals surface area (Å²) in [4.78, 5) is 11.1. The molecule has 0 amide bonds. The molecule has 0 unspecified atom stereocenters. The van der Waals surface area contributed by atoms with Crippen LogP contribution in [0.15, 0.2) is 36.5 Å². The molecule has 0 radical (unpaired) electrons. The highest BCUT2D eigenvalue weighted by molar-refractivity contribution is 5.91. The number of nitrogens with zero attached hydrogens (tertiary/aromatic N) is 3. The molecule has 0 bridgehead atoms. The molecule has 2 aromatic rings. The first-order chi connectivity index (χ1) is 7.72. The fourth-order valence-corrected chi connectivity index (χ4v) is 1.41. The minimum Gasteiger partial charge on any atom is -0.293 e. The van der Waals surface area contributed by atoms with Crippen LogP contribution in [0.4, 0.5) is 0 Å². The first kappa shape index (κ1) is 10.1. The van der Waals surface area contributed by atoms with Crippen LogP contribution in [0, 0.1) is 11.3 Å². The number of Topliss-reactive ketones (excluding diaryl/α,β-unsaturated/α-hetero) is 1. The van der Waals surface area contributed by atoms with Gasteiger partial charge in [0.1, 0.15) is 11.8 Å². The van der Waals surface area contributed by atoms with Crippen LogP contribution in [0.3, 0.4) is 0 Å². The zero-order valence-corrected chi connectivity index (χ0v) is 8.71. The smallest absolute Gasteiger partial charge is 0.179 e. The average Bonchev–Trinajstić information content (AvgIpc) is 2.78. The minimum absolute atomic E-state index is 0.0896. The Balaban J connectivity index is 2.51. The Hall–Kier alpha value is -2.41. The van der Waals surface area contributed by atoms with E-state index in [0.717, 1.165) is 0 Å². The third-order valence-electron chi connectivity index (χ3n) is 2.22. The molecular formula is C12H9N3O. The van der Waals surface area contributed by atoms with Crippen LogP contribution in [-0.4, -0.2) is 15.6 Å². The van der Waals surface area contributed by atoms with Gasteiger partial charge in [-0.3, -0.25) is 4.79 Å². The molecule has 0 N–H and O–H groups in total. The van der Waals surface area contributed by atoms with Gasteiger partial charge in [0.25, 0.3) is 0 Å². The van der Waals surface area contributed by atoms with E-state index in [-0.39, 0.29) is 5.78 Å². The number of aromatic nitrogens is 2. The number of carbonyl (C=O) groups excluding carboxylic acids is 1. The minimum atomic E-state index is -0.0896. The van der Waals surface area contributed by atoms with Gasteiger partial charge < -0.3 is 0 Å². The van der Waals surface area contributed by atoms with Crippen LogP contribution in [0.5, 0.6) is 0 Å². The van der Waals surface area contributed by atoms with Gasteiger partial charge in [-0.25, -0.2) is 4.68 Å². The molecule has 0 saturated carbocycles. The molecule has 2 rings (SSSR count). The van der Waals surface area contributed by atoms with Crippen LogP contribution in [-0.2, 0) is 0 Å². The van der Waals surface area contributed by atoms with Crippen molar-refractivity contribution in [2.24, 2.45) is 0 Å². The molecule has 1 aromatic heterocycles. The molecule has 16 heavy (non-hydrogen) atoms. The molecule has 1 heterocycles. The normalized spacial score (nSPS) is 9.75. The summed E-state index contributed by atoms with van der Waals surface area (Å²) in [6, 6.07) is 10.8. The Bertz CT molecular complexity index is 578. The summed E-state index contributed by atoms with van der Waals surface area (Å²) in [5.41, 5.74) is 1.60. The van der Waals surface area contributed by atoms with Crippen LogP contribution in [0.2, 0.25) is 0 Å². The maximum atomic E-state index is 11.1. The number of ketones is 1. The molecule has 4 heteroatoms. The van der Waals surface area contributed by atoms with E-state index in [1.165, 1.54) is 11.6 Å². The Morgan fingerprint density at radius 2 is 2.12 bits per heavy atom. The van der Waals surface area contributed by atoms with Crippen LogP contribution >= 0.6 is 0 Å². The fourth-order valence-electron chi connectivity index (χ4n) is 1.41. The lowest BCUT2D eigenvalue weighted by Crippen LogP contribution is -2.00. The van der Waals surface area contributed by atoms with Crippen molar-refractivity contribution in [3.05, 3.63) is 47.8 Å². The van der Waals surface area contributed by atoms with Crippen molar-refractivity contribution in [1.29, 1.82) is 5.26 Å². The number of rotatable bonds is 2. The Labute approximate surface area is 92.7 Å². The third kappa shape index (κ3) is 1.71. The van der Waals surface area contributed by atoms with E-state index in [1.54, 1.807) is 30.5 Å². The topological polar surface area (TPSA) is 58.7 Å². The molecule has 0 atom stereocenters. The summed E-state index contributed by atoms with van der Waals surface area (Å²) in [6.45, 7) is 1.46. The molecule has 0 aliphatic carbocycles. The van der Waals surface area contributed by atoms with Crippen LogP contribution in [0.25, 0.3) is 5.69 Å². The Morgan fingerprint density at radius 1 is 1.38 bits per heavy atom. The van der Waals surface area contributed by atoms with Crippen molar-refractivity contribution in [2.45, 2.75) is 6.92 Å². The first-order valence-electron chi connectivity index (χ1n) is 4.78. The number of hydrogen-bond donors (Lipinski definition) is 0. The van der Waals surface area contributed by atoms with Gasteiger partial charge >= 0.3 is 0 Å². The summed E-state index contributed by atoms with van der Waals surface area (Å²) in [5, 5.41) is 13.0. The van der Waals surface area contributed by atoms with Gasteiger partial charge in [-0.1, -0.05) is 12.1 Å². The molecular weight excluding hydrogens is 202 g/mol. The lowest BCUT2D eigenvalue weighted by molar-refractivity contribution is 0.101. The highest BCUT2D eigenvalue weighted by Gasteiger charge is 2.07. The Kier molecular flexibility index (Phi) is 2.52. The zero-order valence-electron chi connectivity index (χ0n) is 8.71. The lowest BCUT2D eigenvalue weighted by Gasteiger charge is -2.02. The van der Waals surface area contributed by atoms with E-state index in [2.05, 4.69) is 11.2 Å². The number of nitriles is 1. The predicted molar refractivity (Wildman–Crippen MR) is 58.3 cm³/mol. The maximum Gasteiger partial charge on any atom is 0.179 e. The number of carbonyl (C=O) groups is 1. The van der Waals surface area contributed by atoms with Crippen molar-refractivity contribution >= 4 is 5.78 Å². The van der Waals surface area contributed by atoms with E-state index in [4.69, 9.17) is 5.26 Å². The van der Waals surface area contributed by atoms with Crippen molar-refractivity contribution < 1.29 is 4.79 Å². The summed E-state index contributed by atoms with van der Waals surface area (Å²) in [6.07, 6.45) is 1.67. The second-order valence-electron chi connectivity index (χ2n) is 3.33. The number of benzene rings is 1. The standard InChI is InChI=1S/C12H9N3O/c1-9(16)11-6-7-15(14-11)12-5-3-2-4-10(12)8-13/h2-7H,1H3. The summed E-state index contributed by atoms with van der Waals surface area (Å²) >= 11 is 0. The van der Waals surface area contributed by atoms with Gasteiger partial charge in [-0.05, 0) is 18.2 Å². The fraction of sp³-hybridized carbons (Fsp3) is 0.0833. The van der Waals surface area contributed by atoms with Gasteiger partial charge in [-0.2, -0.15) is 10.4 Å². The third-order valence-corrected chi connectivity index (χ3v) is 2.22. The van der Waals surface area contributed by atoms with Crippen LogP contribution < -0.4 is 0 Å². The molecule has 1 aromatic carbocycles. The van der Waals surface area contributed by atoms with E-state index in [0.29, 0.717) is 16.9 Å². The summed E-state index contributed by atoms with van der Waals surface area (Å²) < 4.78 is 1.54. The molecule has 0 aliphatic rings. The quantitative estimate of drug-likeness (QED) is 0.713. The van der Waals surface area contributed by atoms with Gasteiger partial charge in [0.2, 0.25) is 0 Å². The van der Waals surface area contributed by atoms with Crippen molar-refractivity contribution in [2.75, 3.05) is 0 Å². The largest absolute Gasteiger partial charge is 0.293 e. The predicted octanol–water partition coefficient (Wildman–Crippen LogP) is 1.95. The number of hydrogen-bond acceptors (Lipinski definition) is 3. The molecule has 0 saturated heterocycles. The van der Waals surface area contributed by atoms with E-state index in [1.807, 2.05) is 6.07 Å². The van der Waals surface area contributed by atoms with Gasteiger partial charge in [0.15, 0.2) is 5.78 Å². The van der Waals surface area contributed by atoms with Gasteiger partial charge in [-0.15, -0.1) is 0 Å². The van der Waals surface area contributed by atoms with E-state index in [9.17, 15) is 4.79 Å². The zero-order chi connectivity index (χ0) is 11.5. The van der Waals surface area contributed by atoms with Crippen molar-refractivity contribution in [3.8, 4) is 11.8 Å². The summed E-state index contributed by atoms with van der Waals surface area (Å²) in [7, 11) is 0. The molecule has 0 fully saturated rings. The van der Waals surface area contributed by atoms with Crippen molar-refractivity contribution in [1.82, 2.24) is 9.78 Å². The second-order valence-corrected chi connectivity index (χ2v) is 3.33. The van der Waals surface area contributed by atoms with Gasteiger partial charge in [0, 0.05) is 13.1 Å². The maximum absolute atomic E-state index is 11.1. The number of para-hydroxylation sites is 1. The first-order valence-corrected chi connectivity index (χ1v) is 4.78. The molecule has 0 spiro atoms. The average molecular weight is 211 g/mol. The van der Waals surface area contributed by atoms with E-state index < -0.39 is 0 Å². The molecule has 4 nitrogen and oxygen atoms in total. The summed E-state index contributed by atoms with van der Waals surface area (Å²) in [5.74, 6) is -0.0896. The van der Waals surface area contributed by atoms with E-state index >= 15 is 0 Å².